The van der Waals surface area contributed by atoms with Crippen LogP contribution >= 0.6 is 0 Å². The zero-order valence-corrected chi connectivity index (χ0v) is 12.0. The van der Waals surface area contributed by atoms with Gasteiger partial charge in [0.2, 0.25) is 0 Å². The van der Waals surface area contributed by atoms with Gasteiger partial charge >= 0.3 is 6.18 Å². The minimum atomic E-state index is -4.45. The highest BCUT2D eigenvalue weighted by Crippen LogP contribution is 2.37. The quantitative estimate of drug-likeness (QED) is 0.933. The molecule has 0 amide bonds. The summed E-state index contributed by atoms with van der Waals surface area (Å²) in [5.41, 5.74) is -0.526. The average Bonchev–Trinajstić information content (AvgIpc) is 2.59. The van der Waals surface area contributed by atoms with Gasteiger partial charge in [0.1, 0.15) is 0 Å². The molecule has 0 aromatic heterocycles. The Balaban J connectivity index is 2.37. The molecule has 1 aromatic carbocycles. The fourth-order valence-electron chi connectivity index (χ4n) is 2.45. The summed E-state index contributed by atoms with van der Waals surface area (Å²) in [6.45, 7) is 1.85. The molecule has 1 heterocycles. The van der Waals surface area contributed by atoms with E-state index in [9.17, 15) is 21.6 Å². The summed E-state index contributed by atoms with van der Waals surface area (Å²) in [7, 11) is -1.80. The van der Waals surface area contributed by atoms with E-state index < -0.39 is 26.8 Å². The topological polar surface area (TPSA) is 46.2 Å². The van der Waals surface area contributed by atoms with Gasteiger partial charge in [-0.2, -0.15) is 13.2 Å². The first kappa shape index (κ1) is 15.3. The molecule has 0 fully saturated rings. The maximum absolute atomic E-state index is 12.7. The van der Waals surface area contributed by atoms with Crippen LogP contribution in [0.15, 0.2) is 23.1 Å². The van der Waals surface area contributed by atoms with E-state index in [0.717, 1.165) is 18.2 Å². The lowest BCUT2D eigenvalue weighted by Gasteiger charge is -2.15. The van der Waals surface area contributed by atoms with Gasteiger partial charge in [0.15, 0.2) is 9.84 Å². The van der Waals surface area contributed by atoms with E-state index in [-0.39, 0.29) is 22.9 Å². The molecule has 1 aliphatic rings. The monoisotopic (exact) mass is 307 g/mol. The molecule has 1 N–H and O–H groups in total. The lowest BCUT2D eigenvalue weighted by atomic mass is 10.0. The van der Waals surface area contributed by atoms with Gasteiger partial charge in [-0.05, 0) is 50.6 Å². The molecule has 0 bridgehead atoms. The van der Waals surface area contributed by atoms with Crippen molar-refractivity contribution < 1.29 is 21.6 Å². The van der Waals surface area contributed by atoms with E-state index in [0.29, 0.717) is 6.42 Å². The van der Waals surface area contributed by atoms with Crippen LogP contribution in [-0.2, 0) is 22.4 Å². The van der Waals surface area contributed by atoms with E-state index in [4.69, 9.17) is 0 Å². The summed E-state index contributed by atoms with van der Waals surface area (Å²) in [6, 6.07) is 2.86. The van der Waals surface area contributed by atoms with Crippen molar-refractivity contribution in [2.24, 2.45) is 0 Å². The molecule has 3 nitrogen and oxygen atoms in total. The van der Waals surface area contributed by atoms with Gasteiger partial charge in [0.05, 0.1) is 15.7 Å². The predicted molar refractivity (Wildman–Crippen MR) is 69.3 cm³/mol. The van der Waals surface area contributed by atoms with Crippen LogP contribution in [0.3, 0.4) is 0 Å². The van der Waals surface area contributed by atoms with Crippen molar-refractivity contribution in [3.05, 3.63) is 29.3 Å². The van der Waals surface area contributed by atoms with Crippen LogP contribution in [-0.4, -0.2) is 26.8 Å². The number of fused-ring (bicyclic) bond motifs is 1. The second kappa shape index (κ2) is 5.04. The van der Waals surface area contributed by atoms with Crippen LogP contribution in [0.25, 0.3) is 0 Å². The third kappa shape index (κ3) is 2.69. The lowest BCUT2D eigenvalue weighted by Crippen LogP contribution is -2.29. The fraction of sp³-hybridized carbons (Fsp3) is 0.538. The zero-order valence-electron chi connectivity index (χ0n) is 11.2. The van der Waals surface area contributed by atoms with Gasteiger partial charge in [-0.3, -0.25) is 0 Å². The Labute approximate surface area is 116 Å². The molecule has 7 heteroatoms. The number of sulfone groups is 1. The van der Waals surface area contributed by atoms with Crippen LogP contribution in [0.4, 0.5) is 13.2 Å². The van der Waals surface area contributed by atoms with E-state index in [1.807, 2.05) is 6.92 Å². The molecule has 0 spiro atoms. The zero-order chi connectivity index (χ0) is 15.1. The molecule has 20 heavy (non-hydrogen) atoms. The first-order chi connectivity index (χ1) is 9.16. The summed E-state index contributed by atoms with van der Waals surface area (Å²) >= 11 is 0. The van der Waals surface area contributed by atoms with E-state index >= 15 is 0 Å². The Morgan fingerprint density at radius 2 is 2.05 bits per heavy atom. The number of benzene rings is 1. The second-order valence-electron chi connectivity index (χ2n) is 5.12. The largest absolute Gasteiger partial charge is 0.416 e. The van der Waals surface area contributed by atoms with Crippen molar-refractivity contribution in [2.75, 3.05) is 7.05 Å². The van der Waals surface area contributed by atoms with Crippen LogP contribution in [0.2, 0.25) is 0 Å². The van der Waals surface area contributed by atoms with Gasteiger partial charge in [-0.25, -0.2) is 8.42 Å². The molecule has 1 aliphatic heterocycles. The lowest BCUT2D eigenvalue weighted by molar-refractivity contribution is -0.137. The highest BCUT2D eigenvalue weighted by atomic mass is 32.2. The highest BCUT2D eigenvalue weighted by molar-refractivity contribution is 7.92. The Hall–Kier alpha value is -1.08. The van der Waals surface area contributed by atoms with Crippen LogP contribution in [0.1, 0.15) is 24.5 Å². The molecule has 2 unspecified atom stereocenters. The number of hydrogen-bond acceptors (Lipinski definition) is 3. The number of nitrogens with one attached hydrogen (secondary N) is 1. The van der Waals surface area contributed by atoms with Crippen molar-refractivity contribution in [3.8, 4) is 0 Å². The van der Waals surface area contributed by atoms with E-state index in [2.05, 4.69) is 5.32 Å². The standard InChI is InChI=1S/C13H16F3NO2S/c1-8(17-2)5-11-7-9-6-10(13(14,15)16)3-4-12(9)20(11,18)19/h3-4,6,8,11,17H,5,7H2,1-2H3. The minimum absolute atomic E-state index is 0.00817. The van der Waals surface area contributed by atoms with Crippen molar-refractivity contribution in [2.45, 2.75) is 42.1 Å². The smallest absolute Gasteiger partial charge is 0.317 e. The predicted octanol–water partition coefficient (Wildman–Crippen LogP) is 2.40. The summed E-state index contributed by atoms with van der Waals surface area (Å²) < 4.78 is 62.5. The molecule has 1 aromatic rings. The Bertz CT molecular complexity index is 611. The average molecular weight is 307 g/mol. The van der Waals surface area contributed by atoms with Gasteiger partial charge < -0.3 is 5.32 Å². The first-order valence-electron chi connectivity index (χ1n) is 6.27. The molecule has 2 rings (SSSR count). The number of halogens is 3. The third-order valence-electron chi connectivity index (χ3n) is 3.69. The Morgan fingerprint density at radius 3 is 2.60 bits per heavy atom. The SMILES string of the molecule is CNC(C)CC1Cc2cc(C(F)(F)F)ccc2S1(=O)=O. The third-order valence-corrected chi connectivity index (χ3v) is 5.94. The summed E-state index contributed by atoms with van der Waals surface area (Å²) in [5.74, 6) is 0. The summed E-state index contributed by atoms with van der Waals surface area (Å²) in [4.78, 5) is 0.0406. The summed E-state index contributed by atoms with van der Waals surface area (Å²) in [6.07, 6.45) is -3.92. The highest BCUT2D eigenvalue weighted by Gasteiger charge is 2.39. The van der Waals surface area contributed by atoms with Crippen LogP contribution < -0.4 is 5.32 Å². The van der Waals surface area contributed by atoms with Crippen molar-refractivity contribution in [1.82, 2.24) is 5.32 Å². The van der Waals surface area contributed by atoms with Crippen LogP contribution in [0, 0.1) is 0 Å². The molecule has 0 saturated carbocycles. The number of rotatable bonds is 3. The maximum Gasteiger partial charge on any atom is 0.416 e. The van der Waals surface area contributed by atoms with Gasteiger partial charge in [0.25, 0.3) is 0 Å². The summed E-state index contributed by atoms with van der Waals surface area (Å²) in [5, 5.41) is 2.30. The van der Waals surface area contributed by atoms with Crippen molar-refractivity contribution in [3.63, 3.8) is 0 Å². The molecular weight excluding hydrogens is 291 g/mol. The van der Waals surface area contributed by atoms with Crippen molar-refractivity contribution >= 4 is 9.84 Å². The molecule has 2 atom stereocenters. The molecule has 0 aliphatic carbocycles. The van der Waals surface area contributed by atoms with E-state index in [1.54, 1.807) is 7.05 Å². The first-order valence-corrected chi connectivity index (χ1v) is 7.82. The maximum atomic E-state index is 12.7. The Kier molecular flexibility index (Phi) is 3.85. The van der Waals surface area contributed by atoms with Gasteiger partial charge in [-0.1, -0.05) is 0 Å². The molecule has 0 radical (unpaired) electrons. The number of hydrogen-bond donors (Lipinski definition) is 1. The van der Waals surface area contributed by atoms with E-state index in [1.165, 1.54) is 0 Å². The van der Waals surface area contributed by atoms with Crippen molar-refractivity contribution in [1.29, 1.82) is 0 Å². The minimum Gasteiger partial charge on any atom is -0.317 e. The second-order valence-corrected chi connectivity index (χ2v) is 7.31. The molecule has 0 saturated heterocycles. The van der Waals surface area contributed by atoms with Gasteiger partial charge in [0, 0.05) is 6.04 Å². The molecule has 112 valence electrons. The fourth-order valence-corrected chi connectivity index (χ4v) is 4.52. The van der Waals surface area contributed by atoms with Crippen LogP contribution in [0.5, 0.6) is 0 Å². The Morgan fingerprint density at radius 1 is 1.40 bits per heavy atom. The molecular formula is C13H16F3NO2S. The number of alkyl halides is 3. The normalized spacial score (nSPS) is 22.6. The van der Waals surface area contributed by atoms with Gasteiger partial charge in [-0.15, -0.1) is 0 Å².